The SMILES string of the molecule is O=C1NC(=O)C2C=CC3=CC=CC3=C12. The van der Waals surface area contributed by atoms with E-state index in [1.807, 2.05) is 24.3 Å². The third kappa shape index (κ3) is 0.763. The standard InChI is InChI=1S/C11H7NO2/c13-10-8-5-4-6-2-1-3-7(6)9(8)11(14)12-10/h1-5,8H,(H,12,13,14). The summed E-state index contributed by atoms with van der Waals surface area (Å²) in [5.74, 6) is -0.845. The Kier molecular flexibility index (Phi) is 1.24. The molecule has 0 spiro atoms. The predicted octanol–water partition coefficient (Wildman–Crippen LogP) is 0.622. The Morgan fingerprint density at radius 2 is 2.07 bits per heavy atom. The first-order chi connectivity index (χ1) is 6.77. The van der Waals surface area contributed by atoms with E-state index in [4.69, 9.17) is 0 Å². The van der Waals surface area contributed by atoms with Crippen molar-refractivity contribution in [1.82, 2.24) is 5.32 Å². The molecule has 1 fully saturated rings. The first-order valence-electron chi connectivity index (χ1n) is 4.43. The number of nitrogens with one attached hydrogen (secondary N) is 1. The Morgan fingerprint density at radius 3 is 2.93 bits per heavy atom. The van der Waals surface area contributed by atoms with Crippen LogP contribution in [0.15, 0.2) is 47.1 Å². The minimum absolute atomic E-state index is 0.215. The minimum Gasteiger partial charge on any atom is -0.292 e. The summed E-state index contributed by atoms with van der Waals surface area (Å²) in [6, 6.07) is 0. The topological polar surface area (TPSA) is 46.2 Å². The van der Waals surface area contributed by atoms with Crippen LogP contribution in [0.3, 0.4) is 0 Å². The molecule has 1 heterocycles. The normalized spacial score (nSPS) is 27.7. The summed E-state index contributed by atoms with van der Waals surface area (Å²) in [4.78, 5) is 22.8. The average molecular weight is 185 g/mol. The molecule has 68 valence electrons. The van der Waals surface area contributed by atoms with Crippen LogP contribution < -0.4 is 5.32 Å². The fraction of sp³-hybridized carbons (Fsp3) is 0.0909. The van der Waals surface area contributed by atoms with Gasteiger partial charge < -0.3 is 0 Å². The van der Waals surface area contributed by atoms with Crippen molar-refractivity contribution in [3.8, 4) is 0 Å². The van der Waals surface area contributed by atoms with Gasteiger partial charge in [-0.25, -0.2) is 0 Å². The molecule has 0 radical (unpaired) electrons. The quantitative estimate of drug-likeness (QED) is 0.562. The Hall–Kier alpha value is -1.90. The number of fused-ring (bicyclic) bond motifs is 2. The highest BCUT2D eigenvalue weighted by molar-refractivity contribution is 6.17. The van der Waals surface area contributed by atoms with Crippen molar-refractivity contribution in [1.29, 1.82) is 0 Å². The van der Waals surface area contributed by atoms with Crippen molar-refractivity contribution in [2.24, 2.45) is 5.92 Å². The van der Waals surface area contributed by atoms with Crippen molar-refractivity contribution in [3.63, 3.8) is 0 Å². The van der Waals surface area contributed by atoms with Crippen molar-refractivity contribution in [2.45, 2.75) is 0 Å². The van der Waals surface area contributed by atoms with Crippen LogP contribution in [0.4, 0.5) is 0 Å². The van der Waals surface area contributed by atoms with Gasteiger partial charge in [-0.1, -0.05) is 30.4 Å². The Bertz CT molecular complexity index is 478. The Morgan fingerprint density at radius 1 is 1.21 bits per heavy atom. The van der Waals surface area contributed by atoms with Gasteiger partial charge in [0.15, 0.2) is 0 Å². The lowest BCUT2D eigenvalue weighted by Gasteiger charge is -2.12. The Balaban J connectivity index is 2.25. The molecular formula is C11H7NO2. The van der Waals surface area contributed by atoms with Crippen molar-refractivity contribution < 1.29 is 9.59 Å². The van der Waals surface area contributed by atoms with Crippen LogP contribution in [-0.4, -0.2) is 11.8 Å². The van der Waals surface area contributed by atoms with Crippen LogP contribution in [-0.2, 0) is 9.59 Å². The molecule has 14 heavy (non-hydrogen) atoms. The summed E-state index contributed by atoms with van der Waals surface area (Å²) in [6.45, 7) is 0. The molecule has 0 aromatic carbocycles. The van der Waals surface area contributed by atoms with Gasteiger partial charge in [-0.3, -0.25) is 14.9 Å². The molecule has 3 heteroatoms. The summed E-state index contributed by atoms with van der Waals surface area (Å²) in [5.41, 5.74) is 2.50. The average Bonchev–Trinajstić information content (AvgIpc) is 2.71. The summed E-state index contributed by atoms with van der Waals surface area (Å²) < 4.78 is 0. The summed E-state index contributed by atoms with van der Waals surface area (Å²) in [7, 11) is 0. The molecule has 1 unspecified atom stereocenters. The highest BCUT2D eigenvalue weighted by Crippen LogP contribution is 2.35. The second-order valence-electron chi connectivity index (χ2n) is 3.46. The van der Waals surface area contributed by atoms with Crippen LogP contribution in [0.5, 0.6) is 0 Å². The molecule has 3 nitrogen and oxygen atoms in total. The second-order valence-corrected chi connectivity index (χ2v) is 3.46. The van der Waals surface area contributed by atoms with Gasteiger partial charge in [0, 0.05) is 5.57 Å². The molecule has 2 amide bonds. The highest BCUT2D eigenvalue weighted by Gasteiger charge is 2.38. The molecule has 1 saturated heterocycles. The smallest absolute Gasteiger partial charge is 0.255 e. The van der Waals surface area contributed by atoms with E-state index in [0.717, 1.165) is 11.1 Å². The van der Waals surface area contributed by atoms with Crippen LogP contribution in [0, 0.1) is 5.92 Å². The number of imide groups is 1. The van der Waals surface area contributed by atoms with Crippen molar-refractivity contribution in [2.75, 3.05) is 0 Å². The summed E-state index contributed by atoms with van der Waals surface area (Å²) in [5, 5.41) is 2.32. The lowest BCUT2D eigenvalue weighted by molar-refractivity contribution is -0.125. The molecule has 2 aliphatic carbocycles. The number of amides is 2. The van der Waals surface area contributed by atoms with Gasteiger partial charge in [-0.15, -0.1) is 0 Å². The maximum atomic E-state index is 11.5. The maximum absolute atomic E-state index is 11.5. The summed E-state index contributed by atoms with van der Waals surface area (Å²) >= 11 is 0. The first kappa shape index (κ1) is 7.50. The number of carbonyl (C=O) groups is 2. The monoisotopic (exact) mass is 185 g/mol. The van der Waals surface area contributed by atoms with Gasteiger partial charge in [-0.2, -0.15) is 0 Å². The van der Waals surface area contributed by atoms with Gasteiger partial charge in [0.25, 0.3) is 5.91 Å². The van der Waals surface area contributed by atoms with Crippen LogP contribution in [0.25, 0.3) is 0 Å². The van der Waals surface area contributed by atoms with Crippen molar-refractivity contribution in [3.05, 3.63) is 47.1 Å². The lowest BCUT2D eigenvalue weighted by Crippen LogP contribution is -2.21. The maximum Gasteiger partial charge on any atom is 0.255 e. The van der Waals surface area contributed by atoms with Gasteiger partial charge >= 0.3 is 0 Å². The number of hydrogen-bond donors (Lipinski definition) is 1. The van der Waals surface area contributed by atoms with Crippen LogP contribution >= 0.6 is 0 Å². The highest BCUT2D eigenvalue weighted by atomic mass is 16.2. The third-order valence-corrected chi connectivity index (χ3v) is 2.68. The molecule has 3 aliphatic rings. The van der Waals surface area contributed by atoms with Gasteiger partial charge in [0.05, 0.1) is 5.92 Å². The fourth-order valence-electron chi connectivity index (χ4n) is 2.03. The van der Waals surface area contributed by atoms with Gasteiger partial charge in [0.2, 0.25) is 5.91 Å². The first-order valence-corrected chi connectivity index (χ1v) is 4.43. The zero-order chi connectivity index (χ0) is 9.71. The van der Waals surface area contributed by atoms with E-state index >= 15 is 0 Å². The number of carbonyl (C=O) groups excluding carboxylic acids is 2. The second kappa shape index (κ2) is 2.32. The number of allylic oxidation sites excluding steroid dienone is 6. The van der Waals surface area contributed by atoms with E-state index in [2.05, 4.69) is 5.32 Å². The minimum atomic E-state index is -0.377. The van der Waals surface area contributed by atoms with E-state index in [1.165, 1.54) is 0 Å². The van der Waals surface area contributed by atoms with E-state index in [1.54, 1.807) is 6.08 Å². The lowest BCUT2D eigenvalue weighted by atomic mass is 9.88. The number of rotatable bonds is 0. The molecule has 1 aliphatic heterocycles. The molecular weight excluding hydrogens is 178 g/mol. The van der Waals surface area contributed by atoms with Crippen molar-refractivity contribution >= 4 is 11.8 Å². The zero-order valence-corrected chi connectivity index (χ0v) is 7.28. The van der Waals surface area contributed by atoms with Crippen LogP contribution in [0.2, 0.25) is 0 Å². The van der Waals surface area contributed by atoms with E-state index in [9.17, 15) is 9.59 Å². The van der Waals surface area contributed by atoms with Crippen LogP contribution in [0.1, 0.15) is 0 Å². The number of hydrogen-bond acceptors (Lipinski definition) is 2. The third-order valence-electron chi connectivity index (χ3n) is 2.68. The molecule has 1 N–H and O–H groups in total. The van der Waals surface area contributed by atoms with E-state index in [0.29, 0.717) is 5.57 Å². The molecule has 1 atom stereocenters. The molecule has 0 bridgehead atoms. The van der Waals surface area contributed by atoms with Gasteiger partial charge in [0.1, 0.15) is 0 Å². The molecule has 0 aromatic rings. The largest absolute Gasteiger partial charge is 0.292 e. The van der Waals surface area contributed by atoms with E-state index in [-0.39, 0.29) is 17.7 Å². The van der Waals surface area contributed by atoms with E-state index < -0.39 is 0 Å². The zero-order valence-electron chi connectivity index (χ0n) is 7.28. The molecule has 0 aromatic heterocycles. The summed E-state index contributed by atoms with van der Waals surface area (Å²) in [6.07, 6.45) is 9.37. The molecule has 0 saturated carbocycles. The molecule has 3 rings (SSSR count). The fourth-order valence-corrected chi connectivity index (χ4v) is 2.03. The Labute approximate surface area is 80.5 Å². The van der Waals surface area contributed by atoms with Gasteiger partial charge in [-0.05, 0) is 11.1 Å². The predicted molar refractivity (Wildman–Crippen MR) is 50.0 cm³/mol.